The van der Waals surface area contributed by atoms with Crippen molar-refractivity contribution in [2.75, 3.05) is 20.8 Å². The fraction of sp³-hybridized carbons (Fsp3) is 0.226. The maximum absolute atomic E-state index is 13.4. The van der Waals surface area contributed by atoms with Crippen LogP contribution in [0.25, 0.3) is 6.08 Å². The number of carboxylic acids is 1. The van der Waals surface area contributed by atoms with E-state index in [4.69, 9.17) is 24.1 Å². The van der Waals surface area contributed by atoms with Crippen molar-refractivity contribution in [3.05, 3.63) is 86.9 Å². The number of carbonyl (C=O) groups excluding carboxylic acids is 3. The molecule has 1 aliphatic rings. The first-order valence-corrected chi connectivity index (χ1v) is 14.0. The fourth-order valence-corrected chi connectivity index (χ4v) is 4.76. The maximum Gasteiger partial charge on any atom is 0.335 e. The standard InChI is InChI=1S/C31H29BrN2O9/c1-4-11-42-24-10-7-19(14-25(24)40-2)16-34-29(36)22(28(35)33-31(34)39)12-20-13-23(32)27(26(15-20)41-3)43-17-18-5-8-21(9-6-18)30(37)38/h5-10,12-15H,4,11,16-17H2,1-3H3,(H,37,38)(H,33,35,39)/b22-12+. The van der Waals surface area contributed by atoms with Gasteiger partial charge in [0.2, 0.25) is 0 Å². The highest BCUT2D eigenvalue weighted by Crippen LogP contribution is 2.38. The van der Waals surface area contributed by atoms with Crippen molar-refractivity contribution in [1.82, 2.24) is 10.2 Å². The molecule has 3 aromatic rings. The van der Waals surface area contributed by atoms with E-state index in [0.717, 1.165) is 16.9 Å². The second-order valence-electron chi connectivity index (χ2n) is 9.37. The molecule has 224 valence electrons. The summed E-state index contributed by atoms with van der Waals surface area (Å²) in [5.74, 6) is -0.931. The molecule has 11 nitrogen and oxygen atoms in total. The lowest BCUT2D eigenvalue weighted by Crippen LogP contribution is -2.53. The summed E-state index contributed by atoms with van der Waals surface area (Å²) in [4.78, 5) is 50.7. The minimum absolute atomic E-state index is 0.104. The Morgan fingerprint density at radius 1 is 0.930 bits per heavy atom. The van der Waals surface area contributed by atoms with Gasteiger partial charge >= 0.3 is 12.0 Å². The van der Waals surface area contributed by atoms with E-state index in [1.807, 2.05) is 6.92 Å². The number of aromatic carboxylic acids is 1. The molecule has 0 bridgehead atoms. The highest BCUT2D eigenvalue weighted by molar-refractivity contribution is 9.10. The lowest BCUT2D eigenvalue weighted by Gasteiger charge is -2.26. The summed E-state index contributed by atoms with van der Waals surface area (Å²) in [6, 6.07) is 13.7. The molecular weight excluding hydrogens is 624 g/mol. The molecule has 4 amide bonds. The molecular formula is C31H29BrN2O9. The van der Waals surface area contributed by atoms with Crippen LogP contribution < -0.4 is 24.3 Å². The van der Waals surface area contributed by atoms with Crippen LogP contribution in [0.1, 0.15) is 40.4 Å². The first-order chi connectivity index (χ1) is 20.6. The molecule has 0 aromatic heterocycles. The van der Waals surface area contributed by atoms with Crippen LogP contribution >= 0.6 is 15.9 Å². The SMILES string of the molecule is CCCOc1ccc(CN2C(=O)NC(=O)/C(=C\c3cc(Br)c(OCc4ccc(C(=O)O)cc4)c(OC)c3)C2=O)cc1OC. The summed E-state index contributed by atoms with van der Waals surface area (Å²) in [6.07, 6.45) is 2.18. The van der Waals surface area contributed by atoms with Gasteiger partial charge in [-0.05, 0) is 81.5 Å². The van der Waals surface area contributed by atoms with Crippen molar-refractivity contribution >= 4 is 45.8 Å². The van der Waals surface area contributed by atoms with Gasteiger partial charge in [0, 0.05) is 0 Å². The summed E-state index contributed by atoms with van der Waals surface area (Å²) < 4.78 is 23.0. The molecule has 0 unspecified atom stereocenters. The molecule has 12 heteroatoms. The van der Waals surface area contributed by atoms with Gasteiger partial charge in [0.05, 0.1) is 37.4 Å². The highest BCUT2D eigenvalue weighted by Gasteiger charge is 2.36. The molecule has 0 spiro atoms. The quantitative estimate of drug-likeness (QED) is 0.200. The van der Waals surface area contributed by atoms with Crippen LogP contribution in [0.2, 0.25) is 0 Å². The lowest BCUT2D eigenvalue weighted by atomic mass is 10.1. The second-order valence-corrected chi connectivity index (χ2v) is 10.2. The van der Waals surface area contributed by atoms with Crippen molar-refractivity contribution in [3.8, 4) is 23.0 Å². The van der Waals surface area contributed by atoms with Gasteiger partial charge in [0.15, 0.2) is 23.0 Å². The molecule has 1 saturated heterocycles. The molecule has 4 rings (SSSR count). The average Bonchev–Trinajstić information content (AvgIpc) is 2.99. The number of benzene rings is 3. The molecule has 0 saturated carbocycles. The number of imide groups is 2. The number of methoxy groups -OCH3 is 2. The molecule has 1 heterocycles. The van der Waals surface area contributed by atoms with Crippen LogP contribution in [0.4, 0.5) is 4.79 Å². The minimum Gasteiger partial charge on any atom is -0.493 e. The number of amides is 4. The Kier molecular flexibility index (Phi) is 10.0. The lowest BCUT2D eigenvalue weighted by molar-refractivity contribution is -0.130. The number of rotatable bonds is 12. The van der Waals surface area contributed by atoms with Crippen molar-refractivity contribution in [1.29, 1.82) is 0 Å². The van der Waals surface area contributed by atoms with Gasteiger partial charge in [-0.2, -0.15) is 0 Å². The first kappa shape index (κ1) is 31.1. The molecule has 43 heavy (non-hydrogen) atoms. The van der Waals surface area contributed by atoms with E-state index in [-0.39, 0.29) is 24.3 Å². The second kappa shape index (κ2) is 13.9. The summed E-state index contributed by atoms with van der Waals surface area (Å²) in [5, 5.41) is 11.3. The number of nitrogens with one attached hydrogen (secondary N) is 1. The topological polar surface area (TPSA) is 141 Å². The predicted octanol–water partition coefficient (Wildman–Crippen LogP) is 5.19. The van der Waals surface area contributed by atoms with Gasteiger partial charge in [-0.1, -0.05) is 25.1 Å². The van der Waals surface area contributed by atoms with Crippen LogP contribution in [0.15, 0.2) is 64.6 Å². The van der Waals surface area contributed by atoms with Crippen LogP contribution in [-0.4, -0.2) is 54.6 Å². The number of hydrogen-bond acceptors (Lipinski definition) is 8. The van der Waals surface area contributed by atoms with Gasteiger partial charge < -0.3 is 24.1 Å². The Labute approximate surface area is 256 Å². The van der Waals surface area contributed by atoms with Crippen molar-refractivity contribution in [2.45, 2.75) is 26.5 Å². The summed E-state index contributed by atoms with van der Waals surface area (Å²) in [5.41, 5.74) is 1.70. The van der Waals surface area contributed by atoms with Gasteiger partial charge in [-0.15, -0.1) is 0 Å². The average molecular weight is 653 g/mol. The van der Waals surface area contributed by atoms with E-state index >= 15 is 0 Å². The van der Waals surface area contributed by atoms with Crippen molar-refractivity contribution < 1.29 is 43.2 Å². The van der Waals surface area contributed by atoms with Gasteiger partial charge in [0.25, 0.3) is 11.8 Å². The van der Waals surface area contributed by atoms with E-state index < -0.39 is 23.8 Å². The predicted molar refractivity (Wildman–Crippen MR) is 159 cm³/mol. The number of carbonyl (C=O) groups is 4. The number of urea groups is 1. The zero-order chi connectivity index (χ0) is 31.1. The van der Waals surface area contributed by atoms with Crippen molar-refractivity contribution in [3.63, 3.8) is 0 Å². The number of hydrogen-bond donors (Lipinski definition) is 2. The largest absolute Gasteiger partial charge is 0.493 e. The Bertz CT molecular complexity index is 1580. The molecule has 0 atom stereocenters. The van der Waals surface area contributed by atoms with Gasteiger partial charge in [0.1, 0.15) is 12.2 Å². The minimum atomic E-state index is -1.02. The Morgan fingerprint density at radius 3 is 2.28 bits per heavy atom. The van der Waals surface area contributed by atoms with Crippen LogP contribution in [0.3, 0.4) is 0 Å². The Morgan fingerprint density at radius 2 is 1.63 bits per heavy atom. The monoisotopic (exact) mass is 652 g/mol. The Hall–Kier alpha value is -4.84. The third-order valence-electron chi connectivity index (χ3n) is 6.36. The summed E-state index contributed by atoms with van der Waals surface area (Å²) in [7, 11) is 2.94. The molecule has 0 radical (unpaired) electrons. The number of nitrogens with zero attached hydrogens (tertiary/aromatic N) is 1. The van der Waals surface area contributed by atoms with Crippen LogP contribution in [0.5, 0.6) is 23.0 Å². The third-order valence-corrected chi connectivity index (χ3v) is 6.95. The zero-order valence-corrected chi connectivity index (χ0v) is 25.2. The number of ether oxygens (including phenoxy) is 4. The molecule has 1 fully saturated rings. The van der Waals surface area contributed by atoms with Crippen molar-refractivity contribution in [2.24, 2.45) is 0 Å². The van der Waals surface area contributed by atoms with Crippen LogP contribution in [-0.2, 0) is 22.7 Å². The van der Waals surface area contributed by atoms with Gasteiger partial charge in [-0.25, -0.2) is 9.59 Å². The van der Waals surface area contributed by atoms with Gasteiger partial charge in [-0.3, -0.25) is 19.8 Å². The van der Waals surface area contributed by atoms with E-state index in [0.29, 0.717) is 45.2 Å². The van der Waals surface area contributed by atoms with E-state index in [1.165, 1.54) is 32.4 Å². The summed E-state index contributed by atoms with van der Waals surface area (Å²) >= 11 is 3.45. The number of barbiturate groups is 1. The van der Waals surface area contributed by atoms with E-state index in [1.54, 1.807) is 42.5 Å². The molecule has 3 aromatic carbocycles. The fourth-order valence-electron chi connectivity index (χ4n) is 4.19. The summed E-state index contributed by atoms with van der Waals surface area (Å²) in [6.45, 7) is 2.52. The zero-order valence-electron chi connectivity index (χ0n) is 23.6. The smallest absolute Gasteiger partial charge is 0.335 e. The first-order valence-electron chi connectivity index (χ1n) is 13.2. The molecule has 1 aliphatic heterocycles. The highest BCUT2D eigenvalue weighted by atomic mass is 79.9. The molecule has 0 aliphatic carbocycles. The normalized spacial score (nSPS) is 14.0. The van der Waals surface area contributed by atoms with E-state index in [9.17, 15) is 19.2 Å². The maximum atomic E-state index is 13.4. The van der Waals surface area contributed by atoms with Crippen LogP contribution in [0, 0.1) is 0 Å². The number of halogens is 1. The Balaban J connectivity index is 1.55. The molecule has 2 N–H and O–H groups in total. The third kappa shape index (κ3) is 7.33. The number of carboxylic acid groups (broad SMARTS) is 1. The van der Waals surface area contributed by atoms with E-state index in [2.05, 4.69) is 21.2 Å².